The Morgan fingerprint density at radius 2 is 1.84 bits per heavy atom. The highest BCUT2D eigenvalue weighted by Gasteiger charge is 2.33. The number of sulfonamides is 1. The molecule has 0 unspecified atom stereocenters. The minimum absolute atomic E-state index is 0.0506. The van der Waals surface area contributed by atoms with Gasteiger partial charge in [0.15, 0.2) is 0 Å². The van der Waals surface area contributed by atoms with Gasteiger partial charge in [-0.05, 0) is 74.2 Å². The highest BCUT2D eigenvalue weighted by Crippen LogP contribution is 2.27. The van der Waals surface area contributed by atoms with E-state index in [0.29, 0.717) is 30.1 Å². The lowest BCUT2D eigenvalue weighted by Gasteiger charge is -2.34. The second-order valence-electron chi connectivity index (χ2n) is 7.68. The Bertz CT molecular complexity index is 1090. The molecule has 0 aromatic heterocycles. The number of nitrogens with one attached hydrogen (secondary N) is 2. The van der Waals surface area contributed by atoms with Crippen LogP contribution in [0.3, 0.4) is 0 Å². The van der Waals surface area contributed by atoms with Crippen molar-refractivity contribution in [3.05, 3.63) is 58.9 Å². The number of hydrogen-bond acceptors (Lipinski definition) is 4. The van der Waals surface area contributed by atoms with Crippen LogP contribution in [-0.4, -0.2) is 43.7 Å². The molecule has 10 heteroatoms. The standard InChI is InChI=1S/C22H25ClFN3O4S/c1-15-14-19(9-10-20(15)24)32(30,31)27-13-3-2-4-18(27)11-12-25-21(28)22(29)26-17-7-5-16(23)6-8-17/h5-10,14,18H,2-4,11-13H2,1H3,(H,25,28)(H,26,29)/t18-/m0/s1. The van der Waals surface area contributed by atoms with Gasteiger partial charge in [-0.25, -0.2) is 12.8 Å². The molecular weight excluding hydrogens is 457 g/mol. The topological polar surface area (TPSA) is 95.6 Å². The molecule has 0 saturated carbocycles. The second kappa shape index (κ2) is 10.4. The van der Waals surface area contributed by atoms with Gasteiger partial charge in [-0.1, -0.05) is 18.0 Å². The van der Waals surface area contributed by atoms with Crippen LogP contribution in [-0.2, 0) is 19.6 Å². The van der Waals surface area contributed by atoms with Gasteiger partial charge in [0.05, 0.1) is 4.90 Å². The van der Waals surface area contributed by atoms with Crippen molar-refractivity contribution in [3.8, 4) is 0 Å². The molecule has 1 atom stereocenters. The van der Waals surface area contributed by atoms with Crippen molar-refractivity contribution in [1.82, 2.24) is 9.62 Å². The molecule has 0 aliphatic carbocycles. The zero-order valence-corrected chi connectivity index (χ0v) is 19.2. The van der Waals surface area contributed by atoms with Crippen LogP contribution < -0.4 is 10.6 Å². The van der Waals surface area contributed by atoms with Crippen molar-refractivity contribution in [2.45, 2.75) is 43.5 Å². The molecule has 0 radical (unpaired) electrons. The predicted octanol–water partition coefficient (Wildman–Crippen LogP) is 3.48. The van der Waals surface area contributed by atoms with Crippen LogP contribution in [0.5, 0.6) is 0 Å². The molecule has 32 heavy (non-hydrogen) atoms. The van der Waals surface area contributed by atoms with Crippen molar-refractivity contribution in [2.24, 2.45) is 0 Å². The van der Waals surface area contributed by atoms with Gasteiger partial charge < -0.3 is 10.6 Å². The first-order chi connectivity index (χ1) is 15.2. The number of benzene rings is 2. The molecule has 1 saturated heterocycles. The molecule has 2 amide bonds. The quantitative estimate of drug-likeness (QED) is 0.617. The Hall–Kier alpha value is -2.49. The van der Waals surface area contributed by atoms with E-state index in [4.69, 9.17) is 11.6 Å². The fraction of sp³-hybridized carbons (Fsp3) is 0.364. The van der Waals surface area contributed by atoms with Crippen LogP contribution in [0.2, 0.25) is 5.02 Å². The lowest BCUT2D eigenvalue weighted by Crippen LogP contribution is -2.45. The average molecular weight is 482 g/mol. The molecule has 2 aromatic rings. The number of carbonyl (C=O) groups excluding carboxylic acids is 2. The molecule has 1 aliphatic heterocycles. The first-order valence-electron chi connectivity index (χ1n) is 10.3. The van der Waals surface area contributed by atoms with Crippen LogP contribution in [0.25, 0.3) is 0 Å². The maximum Gasteiger partial charge on any atom is 0.313 e. The molecule has 1 aliphatic rings. The highest BCUT2D eigenvalue weighted by molar-refractivity contribution is 7.89. The van der Waals surface area contributed by atoms with Gasteiger partial charge in [0.1, 0.15) is 5.82 Å². The van der Waals surface area contributed by atoms with Gasteiger partial charge in [-0.15, -0.1) is 0 Å². The molecule has 2 aromatic carbocycles. The zero-order chi connectivity index (χ0) is 23.3. The molecule has 1 heterocycles. The molecule has 3 rings (SSSR count). The van der Waals surface area contributed by atoms with Gasteiger partial charge in [-0.3, -0.25) is 9.59 Å². The Balaban J connectivity index is 1.59. The number of hydrogen-bond donors (Lipinski definition) is 2. The number of rotatable bonds is 6. The minimum atomic E-state index is -3.80. The Labute approximate surface area is 192 Å². The minimum Gasteiger partial charge on any atom is -0.348 e. The average Bonchev–Trinajstić information content (AvgIpc) is 2.77. The third-order valence-electron chi connectivity index (χ3n) is 5.38. The molecule has 0 spiro atoms. The second-order valence-corrected chi connectivity index (χ2v) is 10.0. The summed E-state index contributed by atoms with van der Waals surface area (Å²) in [6.07, 6.45) is 2.60. The summed E-state index contributed by atoms with van der Waals surface area (Å²) < 4.78 is 41.3. The third kappa shape index (κ3) is 5.85. The number of piperidine rings is 1. The Kier molecular flexibility index (Phi) is 7.86. The maximum absolute atomic E-state index is 13.6. The van der Waals surface area contributed by atoms with Crippen molar-refractivity contribution >= 4 is 39.1 Å². The van der Waals surface area contributed by atoms with Gasteiger partial charge in [0, 0.05) is 29.8 Å². The van der Waals surface area contributed by atoms with Crippen LogP contribution in [0.1, 0.15) is 31.2 Å². The molecule has 0 bridgehead atoms. The summed E-state index contributed by atoms with van der Waals surface area (Å²) >= 11 is 5.80. The van der Waals surface area contributed by atoms with Crippen LogP contribution in [0.15, 0.2) is 47.4 Å². The Morgan fingerprint density at radius 1 is 1.12 bits per heavy atom. The lowest BCUT2D eigenvalue weighted by atomic mass is 10.0. The molecule has 172 valence electrons. The fourth-order valence-electron chi connectivity index (χ4n) is 3.65. The summed E-state index contributed by atoms with van der Waals surface area (Å²) in [5.41, 5.74) is 0.701. The summed E-state index contributed by atoms with van der Waals surface area (Å²) in [7, 11) is -3.80. The highest BCUT2D eigenvalue weighted by atomic mass is 35.5. The normalized spacial score (nSPS) is 17.0. The van der Waals surface area contributed by atoms with E-state index in [1.807, 2.05) is 0 Å². The van der Waals surface area contributed by atoms with Gasteiger partial charge in [0.2, 0.25) is 10.0 Å². The van der Waals surface area contributed by atoms with E-state index in [9.17, 15) is 22.4 Å². The van der Waals surface area contributed by atoms with Crippen LogP contribution >= 0.6 is 11.6 Å². The maximum atomic E-state index is 13.6. The first-order valence-corrected chi connectivity index (χ1v) is 12.1. The van der Waals surface area contributed by atoms with Crippen molar-refractivity contribution in [1.29, 1.82) is 0 Å². The van der Waals surface area contributed by atoms with Gasteiger partial charge >= 0.3 is 11.8 Å². The van der Waals surface area contributed by atoms with Gasteiger partial charge in [-0.2, -0.15) is 4.31 Å². The monoisotopic (exact) mass is 481 g/mol. The summed E-state index contributed by atoms with van der Waals surface area (Å²) in [6.45, 7) is 2.02. The van der Waals surface area contributed by atoms with E-state index in [0.717, 1.165) is 18.9 Å². The summed E-state index contributed by atoms with van der Waals surface area (Å²) in [5, 5.41) is 5.53. The molecule has 1 fully saturated rings. The number of carbonyl (C=O) groups is 2. The van der Waals surface area contributed by atoms with Crippen LogP contribution in [0.4, 0.5) is 10.1 Å². The summed E-state index contributed by atoms with van der Waals surface area (Å²) in [6, 6.07) is 9.78. The Morgan fingerprint density at radius 3 is 2.53 bits per heavy atom. The molecule has 2 N–H and O–H groups in total. The number of halogens is 2. The number of anilines is 1. The van der Waals surface area contributed by atoms with Gasteiger partial charge in [0.25, 0.3) is 0 Å². The number of nitrogens with zero attached hydrogens (tertiary/aromatic N) is 1. The van der Waals surface area contributed by atoms with Crippen LogP contribution in [0, 0.1) is 12.7 Å². The zero-order valence-electron chi connectivity index (χ0n) is 17.6. The van der Waals surface area contributed by atoms with E-state index in [1.165, 1.54) is 23.4 Å². The predicted molar refractivity (Wildman–Crippen MR) is 120 cm³/mol. The number of aryl methyl sites for hydroxylation is 1. The van der Waals surface area contributed by atoms with E-state index in [2.05, 4.69) is 10.6 Å². The molecular formula is C22H25ClFN3O4S. The molecule has 7 nitrogen and oxygen atoms in total. The largest absolute Gasteiger partial charge is 0.348 e. The number of amides is 2. The van der Waals surface area contributed by atoms with Crippen molar-refractivity contribution < 1.29 is 22.4 Å². The van der Waals surface area contributed by atoms with E-state index in [1.54, 1.807) is 24.3 Å². The smallest absolute Gasteiger partial charge is 0.313 e. The van der Waals surface area contributed by atoms with E-state index >= 15 is 0 Å². The lowest BCUT2D eigenvalue weighted by molar-refractivity contribution is -0.136. The fourth-order valence-corrected chi connectivity index (χ4v) is 5.58. The summed E-state index contributed by atoms with van der Waals surface area (Å²) in [4.78, 5) is 24.2. The third-order valence-corrected chi connectivity index (χ3v) is 7.58. The SMILES string of the molecule is Cc1cc(S(=O)(=O)N2CCCC[C@H]2CCNC(=O)C(=O)Nc2ccc(Cl)cc2)ccc1F. The van der Waals surface area contributed by atoms with E-state index in [-0.39, 0.29) is 23.0 Å². The summed E-state index contributed by atoms with van der Waals surface area (Å²) in [5.74, 6) is -2.08. The first kappa shape index (κ1) is 24.2. The van der Waals surface area contributed by atoms with E-state index < -0.39 is 27.7 Å². The van der Waals surface area contributed by atoms with Crippen molar-refractivity contribution in [2.75, 3.05) is 18.4 Å². The van der Waals surface area contributed by atoms with Crippen molar-refractivity contribution in [3.63, 3.8) is 0 Å².